The van der Waals surface area contributed by atoms with E-state index in [1.54, 1.807) is 0 Å². The van der Waals surface area contributed by atoms with E-state index in [1.807, 2.05) is 0 Å². The predicted octanol–water partition coefficient (Wildman–Crippen LogP) is 7.09. The quantitative estimate of drug-likeness (QED) is 0.115. The number of ether oxygens (including phenoxy) is 3. The van der Waals surface area contributed by atoms with E-state index >= 15 is 0 Å². The summed E-state index contributed by atoms with van der Waals surface area (Å²) in [5, 5.41) is 68.4. The lowest BCUT2D eigenvalue weighted by Crippen LogP contribution is -2.57. The molecule has 20 heterocycles. The van der Waals surface area contributed by atoms with E-state index in [2.05, 4.69) is 106 Å². The van der Waals surface area contributed by atoms with Crippen molar-refractivity contribution < 1.29 is 14.2 Å². The van der Waals surface area contributed by atoms with Gasteiger partial charge in [-0.25, -0.2) is 0 Å². The van der Waals surface area contributed by atoms with Crippen LogP contribution in [0.1, 0.15) is 264 Å². The SMILES string of the molecule is C.C1CC2(CCN1)CCNC2.C1CC2(CCN1)CCNCC2.C1CC2(CCN1)CNC2.C1CC2(CCN1)CNCCO2.C1CC2(CCNC2)CN1.C1CCC2(C1)CCCNC2.C1CCC2(CC2)NC1.C1CNCC2(C1)CCC2.C1CNCC2(C1)CCC2.C1CNCC2(C1)CCNC2.C1CNCC2(C1)CNCCO2.C1COC2(CCNC2)CN1. The van der Waals surface area contributed by atoms with Crippen LogP contribution in [0.5, 0.6) is 0 Å². The molecule has 0 aromatic carbocycles. The van der Waals surface area contributed by atoms with Crippen LogP contribution in [-0.2, 0) is 14.2 Å². The molecular formula is C95H188N20O3. The Bertz CT molecular complexity index is 2230. The van der Waals surface area contributed by atoms with Crippen molar-refractivity contribution in [3.05, 3.63) is 0 Å². The lowest BCUT2D eigenvalue weighted by atomic mass is 9.65. The Hall–Kier alpha value is -0.920. The smallest absolute Gasteiger partial charge is 0.0942 e. The van der Waals surface area contributed by atoms with E-state index in [1.165, 1.54) is 434 Å². The van der Waals surface area contributed by atoms with Crippen molar-refractivity contribution in [3.8, 4) is 0 Å². The number of hydrogen-bond donors (Lipinski definition) is 20. The summed E-state index contributed by atoms with van der Waals surface area (Å²) in [7, 11) is 0. The van der Waals surface area contributed by atoms with Gasteiger partial charge in [0.05, 0.1) is 36.6 Å². The van der Waals surface area contributed by atoms with Crippen LogP contribution in [0, 0.1) is 43.3 Å². The molecule has 686 valence electrons. The predicted molar refractivity (Wildman–Crippen MR) is 492 cm³/mol. The molecule has 12 spiro atoms. The Morgan fingerprint density at radius 2 is 0.373 bits per heavy atom. The Labute approximate surface area is 721 Å². The second-order valence-corrected chi connectivity index (χ2v) is 42.6. The van der Waals surface area contributed by atoms with Gasteiger partial charge in [0.25, 0.3) is 0 Å². The fraction of sp³-hybridized carbons (Fsp3) is 1.00. The fourth-order valence-electron chi connectivity index (χ4n) is 24.5. The highest BCUT2D eigenvalue weighted by Gasteiger charge is 2.45. The summed E-state index contributed by atoms with van der Waals surface area (Å²) in [5.41, 5.74) is 6.97. The van der Waals surface area contributed by atoms with Gasteiger partial charge < -0.3 is 121 Å². The van der Waals surface area contributed by atoms with E-state index in [4.69, 9.17) is 14.2 Å². The van der Waals surface area contributed by atoms with E-state index in [0.717, 1.165) is 125 Å². The van der Waals surface area contributed by atoms with Crippen LogP contribution < -0.4 is 106 Å². The number of rotatable bonds is 0. The Morgan fingerprint density at radius 3 is 0.636 bits per heavy atom. The van der Waals surface area contributed by atoms with Crippen molar-refractivity contribution in [2.45, 2.75) is 287 Å². The van der Waals surface area contributed by atoms with Gasteiger partial charge in [0, 0.05) is 123 Å². The molecule has 4 aliphatic carbocycles. The molecule has 4 saturated carbocycles. The van der Waals surface area contributed by atoms with Crippen molar-refractivity contribution in [1.82, 2.24) is 106 Å². The van der Waals surface area contributed by atoms with Gasteiger partial charge in [-0.15, -0.1) is 0 Å². The highest BCUT2D eigenvalue weighted by atomic mass is 16.5. The van der Waals surface area contributed by atoms with Gasteiger partial charge in [-0.3, -0.25) is 0 Å². The van der Waals surface area contributed by atoms with Crippen molar-refractivity contribution in [2.24, 2.45) is 43.3 Å². The Morgan fingerprint density at radius 1 is 0.136 bits per heavy atom. The van der Waals surface area contributed by atoms with E-state index in [0.29, 0.717) is 21.8 Å². The van der Waals surface area contributed by atoms with Gasteiger partial charge in [-0.05, 0) is 405 Å². The largest absolute Gasteiger partial charge is 0.372 e. The molecule has 3 atom stereocenters. The van der Waals surface area contributed by atoms with Gasteiger partial charge in [0.15, 0.2) is 0 Å². The molecule has 0 aromatic heterocycles. The third-order valence-electron chi connectivity index (χ3n) is 33.7. The molecule has 20 aliphatic heterocycles. The molecule has 20 saturated heterocycles. The zero-order valence-electron chi connectivity index (χ0n) is 75.2. The third-order valence-corrected chi connectivity index (χ3v) is 33.7. The Balaban J connectivity index is 0.000000118. The molecule has 23 heteroatoms. The molecule has 23 nitrogen and oxygen atoms in total. The first-order valence-electron chi connectivity index (χ1n) is 50.6. The van der Waals surface area contributed by atoms with E-state index < -0.39 is 0 Å². The molecule has 24 fully saturated rings. The summed E-state index contributed by atoms with van der Waals surface area (Å²) in [6.45, 7) is 49.3. The summed E-state index contributed by atoms with van der Waals surface area (Å²) in [4.78, 5) is 0. The minimum Gasteiger partial charge on any atom is -0.372 e. The number of piperidine rings is 11. The first-order valence-corrected chi connectivity index (χ1v) is 50.6. The molecule has 0 bridgehead atoms. The number of hydrogen-bond acceptors (Lipinski definition) is 23. The molecular weight excluding hydrogens is 1470 g/mol. The summed E-state index contributed by atoms with van der Waals surface area (Å²) in [6.07, 6.45) is 56.5. The second-order valence-electron chi connectivity index (χ2n) is 42.6. The van der Waals surface area contributed by atoms with Crippen LogP contribution in [-0.4, -0.2) is 297 Å². The normalized spacial score (nSPS) is 33.6. The van der Waals surface area contributed by atoms with E-state index in [-0.39, 0.29) is 24.2 Å². The van der Waals surface area contributed by atoms with Gasteiger partial charge in [0.1, 0.15) is 0 Å². The van der Waals surface area contributed by atoms with Crippen molar-refractivity contribution in [1.29, 1.82) is 0 Å². The topological polar surface area (TPSA) is 268 Å². The van der Waals surface area contributed by atoms with Gasteiger partial charge in [0.2, 0.25) is 0 Å². The first-order chi connectivity index (χ1) is 57.5. The zero-order valence-corrected chi connectivity index (χ0v) is 75.2. The second kappa shape index (κ2) is 49.6. The molecule has 0 radical (unpaired) electrons. The van der Waals surface area contributed by atoms with Crippen molar-refractivity contribution in [2.75, 3.05) is 275 Å². The van der Waals surface area contributed by atoms with Crippen LogP contribution in [0.25, 0.3) is 0 Å². The summed E-state index contributed by atoms with van der Waals surface area (Å²) < 4.78 is 17.3. The van der Waals surface area contributed by atoms with Crippen LogP contribution in [0.4, 0.5) is 0 Å². The molecule has 118 heavy (non-hydrogen) atoms. The average molecular weight is 1660 g/mol. The summed E-state index contributed by atoms with van der Waals surface area (Å²) in [5.74, 6) is 0. The van der Waals surface area contributed by atoms with Crippen LogP contribution in [0.2, 0.25) is 0 Å². The lowest BCUT2D eigenvalue weighted by molar-refractivity contribution is -0.0832. The number of nitrogens with one attached hydrogen (secondary N) is 20. The minimum absolute atomic E-state index is 0. The maximum atomic E-state index is 5.80. The molecule has 24 aliphatic rings. The monoisotopic (exact) mass is 1660 g/mol. The van der Waals surface area contributed by atoms with E-state index in [9.17, 15) is 0 Å². The lowest BCUT2D eigenvalue weighted by Gasteiger charge is -2.45. The fourth-order valence-corrected chi connectivity index (χ4v) is 24.5. The molecule has 24 rings (SSSR count). The van der Waals surface area contributed by atoms with Gasteiger partial charge in [-0.2, -0.15) is 0 Å². The van der Waals surface area contributed by atoms with Crippen LogP contribution >= 0.6 is 0 Å². The summed E-state index contributed by atoms with van der Waals surface area (Å²) in [6, 6.07) is 0. The third kappa shape index (κ3) is 30.4. The maximum Gasteiger partial charge on any atom is 0.0942 e. The van der Waals surface area contributed by atoms with Crippen molar-refractivity contribution >= 4 is 0 Å². The van der Waals surface area contributed by atoms with Gasteiger partial charge in [-0.1, -0.05) is 39.5 Å². The highest BCUT2D eigenvalue weighted by molar-refractivity contribution is 5.04. The minimum atomic E-state index is 0. The Kier molecular flexibility index (Phi) is 40.4. The zero-order chi connectivity index (χ0) is 80.2. The molecule has 3 unspecified atom stereocenters. The molecule has 20 N–H and O–H groups in total. The highest BCUT2D eigenvalue weighted by Crippen LogP contribution is 2.48. The summed E-state index contributed by atoms with van der Waals surface area (Å²) >= 11 is 0. The standard InChI is InChI=1S/C9H18N2.C9H17N.2C8H16N2O.2C8H16N2.2C8H15N.C7H14N2O.2C7H14N2.C7H13N.CH4/c1-5-10-6-2-9(1)3-7-11-8-4-9;1-2-5-9(4-1)6-3-7-10-8-9;1-3-9-4-2-8(1)7-10-5-6-11-8;1-2-8(6-9-3-1)7-10-4-5-11-8;1-4-9-5-2-8(1)3-6-10-7-8;1-2-8(6-9-4-1)3-5-10-7-8;2*1-3-8(4-1)5-2-6-9-7-8;1-2-8-5-7(1)6-9-3-4-10-7;1-3-8-5-7(1)2-4-9-6-7;1-3-8-4-2-7(1)5-9-6-7;1-2-6-8-7(3-1)4-5-7;/h10-11H,1-8H2;10H,1-8H2;2*9-10H,1-7H2;2*9-10H,1-7H2;2*9H,1-7H2;8-9H,1-6H2;2*8-9H,1-6H2;8H,1-6H2;1H4. The average Bonchev–Trinajstić information content (AvgIpc) is 1.82. The molecule has 0 aromatic rings. The number of morpholine rings is 3. The van der Waals surface area contributed by atoms with Crippen molar-refractivity contribution in [3.63, 3.8) is 0 Å². The van der Waals surface area contributed by atoms with Gasteiger partial charge >= 0.3 is 0 Å². The van der Waals surface area contributed by atoms with Crippen LogP contribution in [0.15, 0.2) is 0 Å². The van der Waals surface area contributed by atoms with Crippen LogP contribution in [0.3, 0.4) is 0 Å². The molecule has 0 amide bonds. The first kappa shape index (κ1) is 96.2. The maximum absolute atomic E-state index is 5.80.